The molecule has 6 nitrogen and oxygen atoms in total. The van der Waals surface area contributed by atoms with Gasteiger partial charge >= 0.3 is 0 Å². The Labute approximate surface area is 141 Å². The zero-order chi connectivity index (χ0) is 17.2. The fourth-order valence-electron chi connectivity index (χ4n) is 3.20. The highest BCUT2D eigenvalue weighted by Gasteiger charge is 2.30. The van der Waals surface area contributed by atoms with Gasteiger partial charge in [0.05, 0.1) is 24.1 Å². The number of rotatable bonds is 3. The molecule has 1 unspecified atom stereocenters. The third-order valence-corrected chi connectivity index (χ3v) is 6.20. The smallest absolute Gasteiger partial charge is 0.237 e. The van der Waals surface area contributed by atoms with Crippen molar-refractivity contribution in [2.45, 2.75) is 6.04 Å². The number of hydrogen-bond acceptors (Lipinski definition) is 5. The van der Waals surface area contributed by atoms with Crippen LogP contribution in [-0.4, -0.2) is 74.9 Å². The summed E-state index contributed by atoms with van der Waals surface area (Å²) in [7, 11) is -2.95. The molecule has 0 saturated carbocycles. The zero-order valence-electron chi connectivity index (χ0n) is 13.4. The van der Waals surface area contributed by atoms with Gasteiger partial charge in [-0.25, -0.2) is 12.8 Å². The van der Waals surface area contributed by atoms with Crippen LogP contribution < -0.4 is 5.32 Å². The van der Waals surface area contributed by atoms with E-state index in [1.54, 1.807) is 11.0 Å². The highest BCUT2D eigenvalue weighted by Crippen LogP contribution is 2.23. The largest absolute Gasteiger partial charge is 0.332 e. The Morgan fingerprint density at radius 3 is 2.71 bits per heavy atom. The van der Waals surface area contributed by atoms with Crippen molar-refractivity contribution in [1.82, 2.24) is 15.1 Å². The van der Waals surface area contributed by atoms with E-state index in [0.29, 0.717) is 32.7 Å². The van der Waals surface area contributed by atoms with Crippen LogP contribution in [0.15, 0.2) is 24.3 Å². The number of nitrogens with zero attached hydrogens (tertiary/aromatic N) is 2. The molecule has 0 aromatic heterocycles. The number of amides is 1. The molecule has 2 fully saturated rings. The number of piperazine rings is 1. The highest BCUT2D eigenvalue weighted by molar-refractivity contribution is 7.91. The molecule has 0 radical (unpaired) electrons. The minimum Gasteiger partial charge on any atom is -0.332 e. The average molecular weight is 355 g/mol. The lowest BCUT2D eigenvalue weighted by Gasteiger charge is -2.38. The fourth-order valence-corrected chi connectivity index (χ4v) is 4.48. The van der Waals surface area contributed by atoms with Crippen LogP contribution in [0, 0.1) is 5.82 Å². The molecule has 0 spiro atoms. The van der Waals surface area contributed by atoms with Crippen LogP contribution in [0.1, 0.15) is 11.6 Å². The van der Waals surface area contributed by atoms with Crippen molar-refractivity contribution >= 4 is 15.7 Å². The van der Waals surface area contributed by atoms with Crippen molar-refractivity contribution in [3.8, 4) is 0 Å². The Balaban J connectivity index is 1.68. The Morgan fingerprint density at radius 1 is 1.25 bits per heavy atom. The topological polar surface area (TPSA) is 69.7 Å². The Morgan fingerprint density at radius 2 is 2.00 bits per heavy atom. The van der Waals surface area contributed by atoms with Crippen LogP contribution in [-0.2, 0) is 14.6 Å². The van der Waals surface area contributed by atoms with Gasteiger partial charge in [-0.15, -0.1) is 0 Å². The van der Waals surface area contributed by atoms with Gasteiger partial charge in [-0.2, -0.15) is 0 Å². The van der Waals surface area contributed by atoms with E-state index in [1.807, 2.05) is 11.0 Å². The minimum absolute atomic E-state index is 0.0370. The number of hydrogen-bond donors (Lipinski definition) is 1. The first-order valence-electron chi connectivity index (χ1n) is 8.13. The van der Waals surface area contributed by atoms with Crippen molar-refractivity contribution in [3.63, 3.8) is 0 Å². The standard InChI is InChI=1S/C16H22FN3O3S/c17-14-3-1-2-13(10-14)15-11-18-4-5-20(15)16(21)12-19-6-8-24(22,23)9-7-19/h1-3,10,15,18H,4-9,11-12H2. The van der Waals surface area contributed by atoms with E-state index in [4.69, 9.17) is 0 Å². The van der Waals surface area contributed by atoms with Crippen LogP contribution in [0.3, 0.4) is 0 Å². The molecule has 2 aliphatic heterocycles. The van der Waals surface area contributed by atoms with Crippen molar-refractivity contribution in [2.24, 2.45) is 0 Å². The first-order chi connectivity index (χ1) is 11.4. The summed E-state index contributed by atoms with van der Waals surface area (Å²) >= 11 is 0. The molecule has 2 aliphatic rings. The van der Waals surface area contributed by atoms with E-state index in [9.17, 15) is 17.6 Å². The van der Waals surface area contributed by atoms with Gasteiger partial charge < -0.3 is 10.2 Å². The quantitative estimate of drug-likeness (QED) is 0.828. The third kappa shape index (κ3) is 4.12. The number of carbonyl (C=O) groups excluding carboxylic acids is 1. The van der Waals surface area contributed by atoms with Gasteiger partial charge in [0.1, 0.15) is 5.82 Å². The first-order valence-corrected chi connectivity index (χ1v) is 9.95. The Hall–Kier alpha value is -1.51. The van der Waals surface area contributed by atoms with E-state index < -0.39 is 9.84 Å². The summed E-state index contributed by atoms with van der Waals surface area (Å²) in [6.07, 6.45) is 0. The maximum absolute atomic E-state index is 13.5. The first kappa shape index (κ1) is 17.3. The Bertz CT molecular complexity index is 696. The monoisotopic (exact) mass is 355 g/mol. The van der Waals surface area contributed by atoms with E-state index in [1.165, 1.54) is 12.1 Å². The van der Waals surface area contributed by atoms with Gasteiger partial charge in [0.25, 0.3) is 0 Å². The summed E-state index contributed by atoms with van der Waals surface area (Å²) in [5, 5.41) is 3.24. The third-order valence-electron chi connectivity index (χ3n) is 4.59. The van der Waals surface area contributed by atoms with Gasteiger partial charge in [0.15, 0.2) is 9.84 Å². The zero-order valence-corrected chi connectivity index (χ0v) is 14.3. The normalized spacial score (nSPS) is 24.7. The molecule has 8 heteroatoms. The van der Waals surface area contributed by atoms with E-state index in [0.717, 1.165) is 5.56 Å². The summed E-state index contributed by atoms with van der Waals surface area (Å²) in [6, 6.07) is 6.13. The minimum atomic E-state index is -2.95. The van der Waals surface area contributed by atoms with Crippen molar-refractivity contribution in [1.29, 1.82) is 0 Å². The average Bonchev–Trinajstić information content (AvgIpc) is 2.57. The van der Waals surface area contributed by atoms with Gasteiger partial charge in [-0.1, -0.05) is 12.1 Å². The van der Waals surface area contributed by atoms with Crippen LogP contribution >= 0.6 is 0 Å². The maximum Gasteiger partial charge on any atom is 0.237 e. The van der Waals surface area contributed by atoms with Crippen molar-refractivity contribution in [2.75, 3.05) is 50.8 Å². The van der Waals surface area contributed by atoms with E-state index in [2.05, 4.69) is 5.32 Å². The molecule has 0 aliphatic carbocycles. The summed E-state index contributed by atoms with van der Waals surface area (Å²) in [6.45, 7) is 2.85. The maximum atomic E-state index is 13.5. The lowest BCUT2D eigenvalue weighted by molar-refractivity contribution is -0.135. The SMILES string of the molecule is O=C(CN1CCS(=O)(=O)CC1)N1CCNCC1c1cccc(F)c1. The summed E-state index contributed by atoms with van der Waals surface area (Å²) in [5.41, 5.74) is 0.775. The summed E-state index contributed by atoms with van der Waals surface area (Å²) < 4.78 is 36.5. The lowest BCUT2D eigenvalue weighted by Crippen LogP contribution is -2.52. The molecule has 132 valence electrons. The van der Waals surface area contributed by atoms with Crippen molar-refractivity contribution in [3.05, 3.63) is 35.6 Å². The van der Waals surface area contributed by atoms with Crippen LogP contribution in [0.4, 0.5) is 4.39 Å². The van der Waals surface area contributed by atoms with Gasteiger partial charge in [-0.3, -0.25) is 9.69 Å². The predicted molar refractivity (Wildman–Crippen MR) is 88.8 cm³/mol. The molecule has 1 atom stereocenters. The molecule has 1 aromatic rings. The highest BCUT2D eigenvalue weighted by atomic mass is 32.2. The second-order valence-corrected chi connectivity index (χ2v) is 8.59. The molecule has 24 heavy (non-hydrogen) atoms. The van der Waals surface area contributed by atoms with E-state index >= 15 is 0 Å². The number of benzene rings is 1. The summed E-state index contributed by atoms with van der Waals surface area (Å²) in [4.78, 5) is 16.4. The molecular weight excluding hydrogens is 333 g/mol. The molecule has 1 aromatic carbocycles. The van der Waals surface area contributed by atoms with Gasteiger partial charge in [0.2, 0.25) is 5.91 Å². The van der Waals surface area contributed by atoms with Crippen LogP contribution in [0.2, 0.25) is 0 Å². The van der Waals surface area contributed by atoms with Gasteiger partial charge in [-0.05, 0) is 17.7 Å². The second-order valence-electron chi connectivity index (χ2n) is 6.29. The van der Waals surface area contributed by atoms with E-state index in [-0.39, 0.29) is 35.8 Å². The number of halogens is 1. The second kappa shape index (κ2) is 7.16. The van der Waals surface area contributed by atoms with Crippen LogP contribution in [0.5, 0.6) is 0 Å². The molecule has 2 heterocycles. The van der Waals surface area contributed by atoms with Crippen LogP contribution in [0.25, 0.3) is 0 Å². The molecule has 0 bridgehead atoms. The summed E-state index contributed by atoms with van der Waals surface area (Å²) in [5.74, 6) is -0.138. The molecule has 2 saturated heterocycles. The number of carbonyl (C=O) groups is 1. The fraction of sp³-hybridized carbons (Fsp3) is 0.562. The predicted octanol–water partition coefficient (Wildman–Crippen LogP) is 0.0290. The Kier molecular flexibility index (Phi) is 5.17. The molecule has 1 N–H and O–H groups in total. The molecule has 1 amide bonds. The lowest BCUT2D eigenvalue weighted by atomic mass is 10.0. The number of nitrogens with one attached hydrogen (secondary N) is 1. The molecular formula is C16H22FN3O3S. The number of sulfone groups is 1. The van der Waals surface area contributed by atoms with Crippen molar-refractivity contribution < 1.29 is 17.6 Å². The molecule has 3 rings (SSSR count). The van der Waals surface area contributed by atoms with Gasteiger partial charge in [0, 0.05) is 32.7 Å².